The smallest absolute Gasteiger partial charge is 0.321 e. The molecule has 0 unspecified atom stereocenters. The fraction of sp³-hybridized carbons (Fsp3) is 0.250. The highest BCUT2D eigenvalue weighted by Crippen LogP contribution is 2.24. The van der Waals surface area contributed by atoms with Crippen LogP contribution in [0.4, 0.5) is 4.79 Å². The van der Waals surface area contributed by atoms with Gasteiger partial charge in [0, 0.05) is 19.0 Å². The Kier molecular flexibility index (Phi) is 5.73. The molecule has 0 heterocycles. The quantitative estimate of drug-likeness (QED) is 0.796. The van der Waals surface area contributed by atoms with Gasteiger partial charge in [-0.2, -0.15) is 0 Å². The molecule has 2 rings (SSSR count). The normalized spacial score (nSPS) is 10.2. The number of carbonyl (C=O) groups excluding carboxylic acids is 2. The summed E-state index contributed by atoms with van der Waals surface area (Å²) in [5.41, 5.74) is 0. The molecule has 116 valence electrons. The van der Waals surface area contributed by atoms with Crippen molar-refractivity contribution >= 4 is 22.7 Å². The number of hydrogen-bond acceptors (Lipinski definition) is 4. The Morgan fingerprint density at radius 2 is 1.86 bits per heavy atom. The molecule has 0 aromatic heterocycles. The van der Waals surface area contributed by atoms with Gasteiger partial charge in [-0.05, 0) is 11.5 Å². The van der Waals surface area contributed by atoms with E-state index in [-0.39, 0.29) is 6.61 Å². The second kappa shape index (κ2) is 7.99. The number of fused-ring (bicyclic) bond motifs is 1. The molecule has 0 saturated heterocycles. The number of methoxy groups -OCH3 is 1. The molecule has 0 radical (unpaired) electrons. The zero-order valence-electron chi connectivity index (χ0n) is 12.3. The minimum Gasteiger partial charge on any atom is -0.483 e. The molecule has 3 amide bonds. The summed E-state index contributed by atoms with van der Waals surface area (Å²) in [6.07, 6.45) is 0. The van der Waals surface area contributed by atoms with Gasteiger partial charge in [0.1, 0.15) is 5.75 Å². The minimum atomic E-state index is -0.566. The third-order valence-corrected chi connectivity index (χ3v) is 2.95. The van der Waals surface area contributed by atoms with Crippen molar-refractivity contribution in [2.75, 3.05) is 26.9 Å². The summed E-state index contributed by atoms with van der Waals surface area (Å²) < 4.78 is 10.3. The number of ether oxygens (including phenoxy) is 2. The molecule has 0 fully saturated rings. The molecule has 0 atom stereocenters. The van der Waals surface area contributed by atoms with Crippen LogP contribution in [0.1, 0.15) is 0 Å². The highest BCUT2D eigenvalue weighted by molar-refractivity contribution is 5.95. The van der Waals surface area contributed by atoms with Gasteiger partial charge in [-0.25, -0.2) is 4.79 Å². The van der Waals surface area contributed by atoms with Crippen LogP contribution in [0.2, 0.25) is 0 Å². The van der Waals surface area contributed by atoms with Gasteiger partial charge in [-0.15, -0.1) is 0 Å². The second-order valence-electron chi connectivity index (χ2n) is 4.56. The average Bonchev–Trinajstić information content (AvgIpc) is 2.53. The van der Waals surface area contributed by atoms with Crippen LogP contribution in [-0.4, -0.2) is 38.8 Å². The lowest BCUT2D eigenvalue weighted by atomic mass is 10.1. The number of carbonyl (C=O) groups is 2. The number of benzene rings is 2. The maximum absolute atomic E-state index is 11.7. The molecule has 0 aliphatic heterocycles. The summed E-state index contributed by atoms with van der Waals surface area (Å²) in [5.74, 6) is 0.0934. The van der Waals surface area contributed by atoms with Gasteiger partial charge in [-0.1, -0.05) is 36.4 Å². The molecule has 2 N–H and O–H groups in total. The first-order valence-electron chi connectivity index (χ1n) is 6.88. The predicted octanol–water partition coefficient (Wildman–Crippen LogP) is 1.69. The van der Waals surface area contributed by atoms with E-state index < -0.39 is 11.9 Å². The van der Waals surface area contributed by atoms with Crippen LogP contribution >= 0.6 is 0 Å². The Labute approximate surface area is 128 Å². The summed E-state index contributed by atoms with van der Waals surface area (Å²) in [4.78, 5) is 23.1. The topological polar surface area (TPSA) is 76.7 Å². The first-order chi connectivity index (χ1) is 10.7. The van der Waals surface area contributed by atoms with E-state index in [1.807, 2.05) is 36.4 Å². The van der Waals surface area contributed by atoms with Crippen LogP contribution in [0, 0.1) is 0 Å². The van der Waals surface area contributed by atoms with Gasteiger partial charge in [0.05, 0.1) is 6.61 Å². The fourth-order valence-electron chi connectivity index (χ4n) is 1.94. The number of urea groups is 1. The highest BCUT2D eigenvalue weighted by atomic mass is 16.5. The van der Waals surface area contributed by atoms with Crippen molar-refractivity contribution in [3.8, 4) is 5.75 Å². The van der Waals surface area contributed by atoms with Crippen LogP contribution in [0.5, 0.6) is 5.75 Å². The Morgan fingerprint density at radius 1 is 1.09 bits per heavy atom. The van der Waals surface area contributed by atoms with E-state index >= 15 is 0 Å². The van der Waals surface area contributed by atoms with Gasteiger partial charge in [0.2, 0.25) is 0 Å². The molecular formula is C16H18N2O4. The molecule has 0 saturated carbocycles. The van der Waals surface area contributed by atoms with Gasteiger partial charge >= 0.3 is 6.03 Å². The number of hydrogen-bond donors (Lipinski definition) is 2. The minimum absolute atomic E-state index is 0.230. The van der Waals surface area contributed by atoms with Crippen LogP contribution in [0.15, 0.2) is 42.5 Å². The van der Waals surface area contributed by atoms with E-state index in [0.717, 1.165) is 10.8 Å². The fourth-order valence-corrected chi connectivity index (χ4v) is 1.94. The molecule has 0 spiro atoms. The predicted molar refractivity (Wildman–Crippen MR) is 82.9 cm³/mol. The van der Waals surface area contributed by atoms with E-state index in [9.17, 15) is 9.59 Å². The van der Waals surface area contributed by atoms with E-state index in [1.54, 1.807) is 6.07 Å². The molecule has 2 aromatic rings. The van der Waals surface area contributed by atoms with Crippen molar-refractivity contribution in [3.05, 3.63) is 42.5 Å². The Hall–Kier alpha value is -2.60. The van der Waals surface area contributed by atoms with Crippen molar-refractivity contribution in [2.24, 2.45) is 0 Å². The van der Waals surface area contributed by atoms with E-state index in [1.165, 1.54) is 7.11 Å². The highest BCUT2D eigenvalue weighted by Gasteiger charge is 2.09. The molecule has 6 nitrogen and oxygen atoms in total. The van der Waals surface area contributed by atoms with Gasteiger partial charge in [0.15, 0.2) is 6.61 Å². The number of nitrogens with one attached hydrogen (secondary N) is 2. The molecule has 0 bridgehead atoms. The SMILES string of the molecule is COCCNC(=O)NC(=O)COc1cccc2ccccc12. The largest absolute Gasteiger partial charge is 0.483 e. The summed E-state index contributed by atoms with van der Waals surface area (Å²) in [7, 11) is 1.53. The Bertz CT molecular complexity index is 652. The van der Waals surface area contributed by atoms with E-state index in [0.29, 0.717) is 18.9 Å². The lowest BCUT2D eigenvalue weighted by Gasteiger charge is -2.09. The zero-order chi connectivity index (χ0) is 15.8. The van der Waals surface area contributed by atoms with Gasteiger partial charge in [-0.3, -0.25) is 10.1 Å². The molecule has 6 heteroatoms. The van der Waals surface area contributed by atoms with Crippen LogP contribution in [-0.2, 0) is 9.53 Å². The molecule has 0 aliphatic rings. The summed E-state index contributed by atoms with van der Waals surface area (Å²) in [5, 5.41) is 6.62. The first kappa shape index (κ1) is 15.8. The van der Waals surface area contributed by atoms with Gasteiger partial charge < -0.3 is 14.8 Å². The third kappa shape index (κ3) is 4.46. The average molecular weight is 302 g/mol. The number of imide groups is 1. The lowest BCUT2D eigenvalue weighted by molar-refractivity contribution is -0.121. The standard InChI is InChI=1S/C16H18N2O4/c1-21-10-9-17-16(20)18-15(19)11-22-14-8-4-6-12-5-2-3-7-13(12)14/h2-8H,9-11H2,1H3,(H2,17,18,19,20). The molecular weight excluding hydrogens is 284 g/mol. The van der Waals surface area contributed by atoms with Crippen molar-refractivity contribution in [1.29, 1.82) is 0 Å². The van der Waals surface area contributed by atoms with Crippen molar-refractivity contribution in [1.82, 2.24) is 10.6 Å². The third-order valence-electron chi connectivity index (χ3n) is 2.95. The van der Waals surface area contributed by atoms with Crippen molar-refractivity contribution < 1.29 is 19.1 Å². The van der Waals surface area contributed by atoms with Crippen LogP contribution < -0.4 is 15.4 Å². The summed E-state index contributed by atoms with van der Waals surface area (Å²) in [6, 6.07) is 12.8. The Morgan fingerprint density at radius 3 is 2.68 bits per heavy atom. The van der Waals surface area contributed by atoms with E-state index in [2.05, 4.69) is 10.6 Å². The monoisotopic (exact) mass is 302 g/mol. The maximum Gasteiger partial charge on any atom is 0.321 e. The molecule has 2 aromatic carbocycles. The first-order valence-corrected chi connectivity index (χ1v) is 6.88. The van der Waals surface area contributed by atoms with Crippen molar-refractivity contribution in [2.45, 2.75) is 0 Å². The molecule has 22 heavy (non-hydrogen) atoms. The summed E-state index contributed by atoms with van der Waals surface area (Å²) >= 11 is 0. The zero-order valence-corrected chi connectivity index (χ0v) is 12.3. The second-order valence-corrected chi connectivity index (χ2v) is 4.56. The van der Waals surface area contributed by atoms with Crippen LogP contribution in [0.25, 0.3) is 10.8 Å². The molecule has 0 aliphatic carbocycles. The number of amides is 3. The maximum atomic E-state index is 11.7. The summed E-state index contributed by atoms with van der Waals surface area (Å²) in [6.45, 7) is 0.486. The number of rotatable bonds is 6. The van der Waals surface area contributed by atoms with Gasteiger partial charge in [0.25, 0.3) is 5.91 Å². The Balaban J connectivity index is 1.86. The lowest BCUT2D eigenvalue weighted by Crippen LogP contribution is -2.42. The van der Waals surface area contributed by atoms with Crippen molar-refractivity contribution in [3.63, 3.8) is 0 Å². The van der Waals surface area contributed by atoms with E-state index in [4.69, 9.17) is 9.47 Å². The van der Waals surface area contributed by atoms with Crippen LogP contribution in [0.3, 0.4) is 0 Å².